The van der Waals surface area contributed by atoms with Crippen LogP contribution in [-0.4, -0.2) is 68.3 Å². The molecular formula is C24H25FN4O2. The number of pyridine rings is 1. The maximum Gasteiger partial charge on any atom is 0.254 e. The first kappa shape index (κ1) is 19.8. The van der Waals surface area contributed by atoms with Crippen LogP contribution in [0.1, 0.15) is 10.4 Å². The molecule has 0 saturated carbocycles. The third-order valence-electron chi connectivity index (χ3n) is 6.06. The van der Waals surface area contributed by atoms with Crippen LogP contribution in [0, 0.1) is 5.82 Å². The SMILES string of the molecule is O=C(c1ccc2ccnc(N3CCN(c4ccc(F)cc4)CC3)c2c1)N1CCOCC1. The molecular weight excluding hydrogens is 395 g/mol. The number of hydrogen-bond donors (Lipinski definition) is 0. The first-order chi connectivity index (χ1) is 15.2. The second-order valence-electron chi connectivity index (χ2n) is 7.93. The van der Waals surface area contributed by atoms with Crippen molar-refractivity contribution in [3.05, 3.63) is 66.1 Å². The lowest BCUT2D eigenvalue weighted by atomic mass is 10.1. The van der Waals surface area contributed by atoms with Crippen LogP contribution in [0.25, 0.3) is 10.8 Å². The van der Waals surface area contributed by atoms with E-state index in [9.17, 15) is 9.18 Å². The van der Waals surface area contributed by atoms with Gasteiger partial charge in [-0.3, -0.25) is 4.79 Å². The number of aromatic nitrogens is 1. The van der Waals surface area contributed by atoms with Crippen LogP contribution in [-0.2, 0) is 4.74 Å². The molecule has 5 rings (SSSR count). The smallest absolute Gasteiger partial charge is 0.254 e. The number of nitrogens with zero attached hydrogens (tertiary/aromatic N) is 4. The standard InChI is InChI=1S/C24H25FN4O2/c25-20-3-5-21(6-4-20)27-9-11-28(12-10-27)23-22-17-19(2-1-18(22)7-8-26-23)24(30)29-13-15-31-16-14-29/h1-8,17H,9-16H2. The number of anilines is 2. The van der Waals surface area contributed by atoms with E-state index in [-0.39, 0.29) is 11.7 Å². The van der Waals surface area contributed by atoms with Crippen molar-refractivity contribution in [1.82, 2.24) is 9.88 Å². The Kier molecular flexibility index (Phi) is 5.42. The number of piperazine rings is 1. The van der Waals surface area contributed by atoms with Crippen molar-refractivity contribution in [3.63, 3.8) is 0 Å². The summed E-state index contributed by atoms with van der Waals surface area (Å²) in [6, 6.07) is 14.5. The van der Waals surface area contributed by atoms with Gasteiger partial charge in [0.05, 0.1) is 13.2 Å². The van der Waals surface area contributed by atoms with Gasteiger partial charge in [0.25, 0.3) is 5.91 Å². The number of ether oxygens (including phenoxy) is 1. The quantitative estimate of drug-likeness (QED) is 0.652. The molecule has 0 N–H and O–H groups in total. The number of hydrogen-bond acceptors (Lipinski definition) is 5. The van der Waals surface area contributed by atoms with Gasteiger partial charge in [-0.05, 0) is 47.9 Å². The molecule has 0 radical (unpaired) electrons. The zero-order valence-electron chi connectivity index (χ0n) is 17.3. The minimum atomic E-state index is -0.218. The van der Waals surface area contributed by atoms with E-state index < -0.39 is 0 Å². The molecule has 3 aromatic rings. The summed E-state index contributed by atoms with van der Waals surface area (Å²) < 4.78 is 18.6. The average molecular weight is 420 g/mol. The van der Waals surface area contributed by atoms with Crippen molar-refractivity contribution in [1.29, 1.82) is 0 Å². The summed E-state index contributed by atoms with van der Waals surface area (Å²) >= 11 is 0. The second kappa shape index (κ2) is 8.51. The summed E-state index contributed by atoms with van der Waals surface area (Å²) in [6.45, 7) is 5.71. The monoisotopic (exact) mass is 420 g/mol. The molecule has 2 aliphatic rings. The zero-order chi connectivity index (χ0) is 21.2. The Bertz CT molecular complexity index is 1070. The highest BCUT2D eigenvalue weighted by Gasteiger charge is 2.22. The Morgan fingerprint density at radius 3 is 2.32 bits per heavy atom. The molecule has 0 atom stereocenters. The zero-order valence-corrected chi connectivity index (χ0v) is 17.3. The normalized spacial score (nSPS) is 17.3. The van der Waals surface area contributed by atoms with E-state index in [0.717, 1.165) is 48.5 Å². The molecule has 2 aromatic carbocycles. The number of carbonyl (C=O) groups excluding carboxylic acids is 1. The van der Waals surface area contributed by atoms with Crippen LogP contribution in [0.2, 0.25) is 0 Å². The Morgan fingerprint density at radius 1 is 0.871 bits per heavy atom. The molecule has 0 aliphatic carbocycles. The summed E-state index contributed by atoms with van der Waals surface area (Å²) in [5.41, 5.74) is 1.72. The van der Waals surface area contributed by atoms with Crippen LogP contribution in [0.15, 0.2) is 54.7 Å². The number of halogens is 1. The van der Waals surface area contributed by atoms with Gasteiger partial charge in [0.2, 0.25) is 0 Å². The number of rotatable bonds is 3. The minimum absolute atomic E-state index is 0.0427. The van der Waals surface area contributed by atoms with Gasteiger partial charge in [0.1, 0.15) is 11.6 Å². The van der Waals surface area contributed by atoms with Gasteiger partial charge in [0, 0.05) is 62.1 Å². The van der Waals surface area contributed by atoms with E-state index in [1.54, 1.807) is 0 Å². The molecule has 1 amide bonds. The molecule has 160 valence electrons. The van der Waals surface area contributed by atoms with Gasteiger partial charge in [-0.25, -0.2) is 9.37 Å². The van der Waals surface area contributed by atoms with Gasteiger partial charge in [-0.15, -0.1) is 0 Å². The highest BCUT2D eigenvalue weighted by molar-refractivity contribution is 6.01. The first-order valence-corrected chi connectivity index (χ1v) is 10.7. The molecule has 2 aliphatic heterocycles. The van der Waals surface area contributed by atoms with E-state index >= 15 is 0 Å². The fourth-order valence-corrected chi connectivity index (χ4v) is 4.32. The van der Waals surface area contributed by atoms with Gasteiger partial charge in [-0.1, -0.05) is 6.07 Å². The fourth-order valence-electron chi connectivity index (χ4n) is 4.32. The van der Waals surface area contributed by atoms with Crippen LogP contribution in [0.4, 0.5) is 15.9 Å². The van der Waals surface area contributed by atoms with Crippen molar-refractivity contribution in [2.45, 2.75) is 0 Å². The van der Waals surface area contributed by atoms with Gasteiger partial charge in [0.15, 0.2) is 0 Å². The van der Waals surface area contributed by atoms with Gasteiger partial charge >= 0.3 is 0 Å². The number of benzene rings is 2. The van der Waals surface area contributed by atoms with Gasteiger partial charge < -0.3 is 19.4 Å². The first-order valence-electron chi connectivity index (χ1n) is 10.7. The molecule has 6 nitrogen and oxygen atoms in total. The number of carbonyl (C=O) groups is 1. The predicted molar refractivity (Wildman–Crippen MR) is 119 cm³/mol. The molecule has 3 heterocycles. The van der Waals surface area contributed by atoms with Crippen molar-refractivity contribution in [3.8, 4) is 0 Å². The Hall–Kier alpha value is -3.19. The Balaban J connectivity index is 1.37. The van der Waals surface area contributed by atoms with Crippen molar-refractivity contribution in [2.24, 2.45) is 0 Å². The van der Waals surface area contributed by atoms with Crippen molar-refractivity contribution < 1.29 is 13.9 Å². The molecule has 0 spiro atoms. The third-order valence-corrected chi connectivity index (χ3v) is 6.06. The summed E-state index contributed by atoms with van der Waals surface area (Å²) in [5, 5.41) is 2.07. The van der Waals surface area contributed by atoms with E-state index in [1.807, 2.05) is 47.5 Å². The third kappa shape index (κ3) is 4.05. The number of fused-ring (bicyclic) bond motifs is 1. The largest absolute Gasteiger partial charge is 0.378 e. The van der Waals surface area contributed by atoms with Crippen molar-refractivity contribution >= 4 is 28.2 Å². The topological polar surface area (TPSA) is 48.9 Å². The number of morpholine rings is 1. The van der Waals surface area contributed by atoms with Crippen LogP contribution < -0.4 is 9.80 Å². The van der Waals surface area contributed by atoms with Crippen LogP contribution in [0.3, 0.4) is 0 Å². The predicted octanol–water partition coefficient (Wildman–Crippen LogP) is 3.17. The molecule has 2 saturated heterocycles. The summed E-state index contributed by atoms with van der Waals surface area (Å²) in [5.74, 6) is 0.735. The van der Waals surface area contributed by atoms with E-state index in [4.69, 9.17) is 4.74 Å². The van der Waals surface area contributed by atoms with Crippen molar-refractivity contribution in [2.75, 3.05) is 62.3 Å². The molecule has 1 aromatic heterocycles. The van der Waals surface area contributed by atoms with Gasteiger partial charge in [-0.2, -0.15) is 0 Å². The minimum Gasteiger partial charge on any atom is -0.378 e. The van der Waals surface area contributed by atoms with E-state index in [2.05, 4.69) is 14.8 Å². The fraction of sp³-hybridized carbons (Fsp3) is 0.333. The highest BCUT2D eigenvalue weighted by atomic mass is 19.1. The highest BCUT2D eigenvalue weighted by Crippen LogP contribution is 2.28. The molecule has 31 heavy (non-hydrogen) atoms. The number of amides is 1. The molecule has 0 unspecified atom stereocenters. The molecule has 2 fully saturated rings. The van der Waals surface area contributed by atoms with E-state index in [1.165, 1.54) is 12.1 Å². The maximum atomic E-state index is 13.2. The maximum absolute atomic E-state index is 13.2. The summed E-state index contributed by atoms with van der Waals surface area (Å²) in [7, 11) is 0. The lowest BCUT2D eigenvalue weighted by Gasteiger charge is -2.37. The average Bonchev–Trinajstić information content (AvgIpc) is 2.84. The Labute approximate surface area is 180 Å². The lowest BCUT2D eigenvalue weighted by molar-refractivity contribution is 0.0303. The molecule has 7 heteroatoms. The summed E-state index contributed by atoms with van der Waals surface area (Å²) in [4.78, 5) is 24.0. The summed E-state index contributed by atoms with van der Waals surface area (Å²) in [6.07, 6.45) is 1.83. The van der Waals surface area contributed by atoms with Crippen LogP contribution >= 0.6 is 0 Å². The Morgan fingerprint density at radius 2 is 1.58 bits per heavy atom. The van der Waals surface area contributed by atoms with Crippen LogP contribution in [0.5, 0.6) is 0 Å². The second-order valence-corrected chi connectivity index (χ2v) is 7.93. The lowest BCUT2D eigenvalue weighted by Crippen LogP contribution is -2.46. The van der Waals surface area contributed by atoms with E-state index in [0.29, 0.717) is 31.9 Å². The molecule has 0 bridgehead atoms.